The quantitative estimate of drug-likeness (QED) is 0.682. The lowest BCUT2D eigenvalue weighted by molar-refractivity contribution is 0.476. The van der Waals surface area contributed by atoms with Gasteiger partial charge in [-0.1, -0.05) is 0 Å². The van der Waals surface area contributed by atoms with Crippen LogP contribution >= 0.6 is 0 Å². The van der Waals surface area contributed by atoms with E-state index in [2.05, 4.69) is 4.98 Å². The summed E-state index contributed by atoms with van der Waals surface area (Å²) in [7, 11) is 0. The minimum absolute atomic E-state index is 0.201. The van der Waals surface area contributed by atoms with Gasteiger partial charge in [0.1, 0.15) is 17.5 Å². The number of hydrogen-bond donors (Lipinski definition) is 1. The van der Waals surface area contributed by atoms with Crippen LogP contribution in [0, 0.1) is 18.3 Å². The number of aromatic nitrogens is 1. The lowest BCUT2D eigenvalue weighted by Crippen LogP contribution is -1.88. The Bertz CT molecular complexity index is 535. The van der Waals surface area contributed by atoms with E-state index in [-0.39, 0.29) is 5.75 Å². The van der Waals surface area contributed by atoms with Crippen LogP contribution in [-0.4, -0.2) is 10.1 Å². The van der Waals surface area contributed by atoms with Gasteiger partial charge in [-0.2, -0.15) is 5.26 Å². The third-order valence-electron chi connectivity index (χ3n) is 2.05. The molecule has 1 aromatic heterocycles. The topological polar surface area (TPSA) is 56.9 Å². The first-order valence-corrected chi connectivity index (χ1v) is 4.21. The van der Waals surface area contributed by atoms with Gasteiger partial charge in [0.25, 0.3) is 0 Å². The maximum absolute atomic E-state index is 9.28. The molecular formula is C11H8N2O. The largest absolute Gasteiger partial charge is 0.508 e. The van der Waals surface area contributed by atoms with Crippen LogP contribution in [0.4, 0.5) is 0 Å². The van der Waals surface area contributed by atoms with Crippen molar-refractivity contribution in [1.82, 2.24) is 4.98 Å². The molecule has 0 unspecified atom stereocenters. The van der Waals surface area contributed by atoms with E-state index in [4.69, 9.17) is 5.26 Å². The van der Waals surface area contributed by atoms with Crippen molar-refractivity contribution in [2.75, 3.05) is 0 Å². The van der Waals surface area contributed by atoms with Gasteiger partial charge in [-0.15, -0.1) is 0 Å². The molecule has 0 aliphatic heterocycles. The zero-order valence-corrected chi connectivity index (χ0v) is 7.65. The summed E-state index contributed by atoms with van der Waals surface area (Å²) in [5, 5.41) is 19.8. The van der Waals surface area contributed by atoms with Gasteiger partial charge in [0.05, 0.1) is 0 Å². The molecule has 0 spiro atoms. The second-order valence-corrected chi connectivity index (χ2v) is 3.13. The Morgan fingerprint density at radius 2 is 2.14 bits per heavy atom. The predicted molar refractivity (Wildman–Crippen MR) is 52.9 cm³/mol. The van der Waals surface area contributed by atoms with Gasteiger partial charge in [-0.25, -0.2) is 4.98 Å². The summed E-state index contributed by atoms with van der Waals surface area (Å²) < 4.78 is 0. The molecule has 2 aromatic rings. The molecule has 0 radical (unpaired) electrons. The van der Waals surface area contributed by atoms with Crippen LogP contribution in [-0.2, 0) is 0 Å². The van der Waals surface area contributed by atoms with Gasteiger partial charge in [-0.05, 0) is 36.6 Å². The zero-order valence-electron chi connectivity index (χ0n) is 7.65. The summed E-state index contributed by atoms with van der Waals surface area (Å²) >= 11 is 0. The summed E-state index contributed by atoms with van der Waals surface area (Å²) in [4.78, 5) is 4.11. The van der Waals surface area contributed by atoms with Crippen molar-refractivity contribution in [2.24, 2.45) is 0 Å². The number of hydrogen-bond acceptors (Lipinski definition) is 3. The first-order chi connectivity index (χ1) is 6.70. The van der Waals surface area contributed by atoms with E-state index < -0.39 is 0 Å². The van der Waals surface area contributed by atoms with Gasteiger partial charge in [-0.3, -0.25) is 0 Å². The van der Waals surface area contributed by atoms with E-state index in [1.54, 1.807) is 18.2 Å². The third kappa shape index (κ3) is 1.27. The highest BCUT2D eigenvalue weighted by atomic mass is 16.3. The van der Waals surface area contributed by atoms with Crippen LogP contribution in [0.2, 0.25) is 0 Å². The monoisotopic (exact) mass is 184 g/mol. The molecule has 1 N–H and O–H groups in total. The molecule has 3 heteroatoms. The Morgan fingerprint density at radius 1 is 1.36 bits per heavy atom. The number of phenols is 1. The summed E-state index contributed by atoms with van der Waals surface area (Å²) in [6, 6.07) is 8.77. The average molecular weight is 184 g/mol. The number of benzene rings is 1. The van der Waals surface area contributed by atoms with Crippen molar-refractivity contribution in [3.63, 3.8) is 0 Å². The lowest BCUT2D eigenvalue weighted by atomic mass is 10.1. The fourth-order valence-corrected chi connectivity index (χ4v) is 1.46. The van der Waals surface area contributed by atoms with Crippen molar-refractivity contribution < 1.29 is 5.11 Å². The molecule has 2 rings (SSSR count). The molecule has 68 valence electrons. The Labute approximate surface area is 81.2 Å². The van der Waals surface area contributed by atoms with E-state index in [0.29, 0.717) is 5.69 Å². The molecule has 0 saturated heterocycles. The molecule has 1 aromatic carbocycles. The summed E-state index contributed by atoms with van der Waals surface area (Å²) in [5.74, 6) is 0.201. The molecule has 0 aliphatic carbocycles. The SMILES string of the molecule is Cc1cc2cc(O)ccc2c(C#N)n1. The van der Waals surface area contributed by atoms with Crippen LogP contribution in [0.5, 0.6) is 5.75 Å². The predicted octanol–water partition coefficient (Wildman–Crippen LogP) is 2.12. The van der Waals surface area contributed by atoms with Crippen molar-refractivity contribution in [2.45, 2.75) is 6.92 Å². The van der Waals surface area contributed by atoms with Crippen molar-refractivity contribution >= 4 is 10.8 Å². The van der Waals surface area contributed by atoms with Crippen LogP contribution in [0.15, 0.2) is 24.3 Å². The van der Waals surface area contributed by atoms with Crippen LogP contribution < -0.4 is 0 Å². The molecule has 0 saturated carbocycles. The normalized spacial score (nSPS) is 10.0. The van der Waals surface area contributed by atoms with Crippen LogP contribution in [0.3, 0.4) is 0 Å². The lowest BCUT2D eigenvalue weighted by Gasteiger charge is -2.01. The number of fused-ring (bicyclic) bond motifs is 1. The zero-order chi connectivity index (χ0) is 10.1. The van der Waals surface area contributed by atoms with E-state index in [0.717, 1.165) is 16.5 Å². The maximum Gasteiger partial charge on any atom is 0.148 e. The van der Waals surface area contributed by atoms with Crippen molar-refractivity contribution in [1.29, 1.82) is 5.26 Å². The van der Waals surface area contributed by atoms with Crippen molar-refractivity contribution in [3.05, 3.63) is 35.7 Å². The fraction of sp³-hybridized carbons (Fsp3) is 0.0909. The average Bonchev–Trinajstić information content (AvgIpc) is 2.15. The number of nitrogens with zero attached hydrogens (tertiary/aromatic N) is 2. The van der Waals surface area contributed by atoms with Crippen LogP contribution in [0.1, 0.15) is 11.4 Å². The highest BCUT2D eigenvalue weighted by molar-refractivity contribution is 5.87. The second kappa shape index (κ2) is 3.00. The smallest absolute Gasteiger partial charge is 0.148 e. The third-order valence-corrected chi connectivity index (χ3v) is 2.05. The minimum Gasteiger partial charge on any atom is -0.508 e. The Kier molecular flexibility index (Phi) is 1.83. The number of aromatic hydroxyl groups is 1. The fourth-order valence-electron chi connectivity index (χ4n) is 1.46. The van der Waals surface area contributed by atoms with Gasteiger partial charge in [0, 0.05) is 11.1 Å². The van der Waals surface area contributed by atoms with Gasteiger partial charge in [0.2, 0.25) is 0 Å². The van der Waals surface area contributed by atoms with E-state index >= 15 is 0 Å². The number of pyridine rings is 1. The van der Waals surface area contributed by atoms with E-state index in [1.165, 1.54) is 0 Å². The summed E-state index contributed by atoms with van der Waals surface area (Å²) in [6.07, 6.45) is 0. The Morgan fingerprint density at radius 3 is 2.86 bits per heavy atom. The molecular weight excluding hydrogens is 176 g/mol. The van der Waals surface area contributed by atoms with Crippen LogP contribution in [0.25, 0.3) is 10.8 Å². The Balaban J connectivity index is 2.89. The molecule has 1 heterocycles. The minimum atomic E-state index is 0.201. The van der Waals surface area contributed by atoms with Gasteiger partial charge in [0.15, 0.2) is 0 Å². The second-order valence-electron chi connectivity index (χ2n) is 3.13. The number of phenolic OH excluding ortho intramolecular Hbond substituents is 1. The number of nitriles is 1. The van der Waals surface area contributed by atoms with E-state index in [1.807, 2.05) is 19.1 Å². The molecule has 0 atom stereocenters. The summed E-state index contributed by atoms with van der Waals surface area (Å²) in [5.41, 5.74) is 1.18. The molecule has 0 fully saturated rings. The highest BCUT2D eigenvalue weighted by Gasteiger charge is 2.03. The molecule has 3 nitrogen and oxygen atoms in total. The first kappa shape index (κ1) is 8.52. The van der Waals surface area contributed by atoms with E-state index in [9.17, 15) is 5.11 Å². The number of rotatable bonds is 0. The molecule has 0 aliphatic rings. The standard InChI is InChI=1S/C11H8N2O/c1-7-4-8-5-9(14)2-3-10(8)11(6-12)13-7/h2-5,14H,1H3. The van der Waals surface area contributed by atoms with Gasteiger partial charge < -0.3 is 5.11 Å². The maximum atomic E-state index is 9.28. The number of aryl methyl sites for hydroxylation is 1. The molecule has 0 amide bonds. The molecule has 14 heavy (non-hydrogen) atoms. The van der Waals surface area contributed by atoms with Gasteiger partial charge >= 0.3 is 0 Å². The highest BCUT2D eigenvalue weighted by Crippen LogP contribution is 2.22. The molecule has 0 bridgehead atoms. The Hall–Kier alpha value is -2.08. The van der Waals surface area contributed by atoms with Crippen molar-refractivity contribution in [3.8, 4) is 11.8 Å². The first-order valence-electron chi connectivity index (χ1n) is 4.21. The summed E-state index contributed by atoms with van der Waals surface area (Å²) in [6.45, 7) is 1.82.